The van der Waals surface area contributed by atoms with Gasteiger partial charge in [-0.15, -0.1) is 0 Å². The van der Waals surface area contributed by atoms with Crippen molar-refractivity contribution in [2.24, 2.45) is 11.0 Å². The van der Waals surface area contributed by atoms with Gasteiger partial charge in [0.1, 0.15) is 0 Å². The number of hydrogen-bond donors (Lipinski definition) is 1. The molecule has 1 saturated carbocycles. The third-order valence-corrected chi connectivity index (χ3v) is 6.81. The van der Waals surface area contributed by atoms with Crippen molar-refractivity contribution in [3.63, 3.8) is 0 Å². The van der Waals surface area contributed by atoms with Gasteiger partial charge in [-0.3, -0.25) is 9.59 Å². The van der Waals surface area contributed by atoms with Crippen molar-refractivity contribution in [1.29, 1.82) is 0 Å². The van der Waals surface area contributed by atoms with Crippen molar-refractivity contribution in [2.45, 2.75) is 38.1 Å². The van der Waals surface area contributed by atoms with Gasteiger partial charge in [0.05, 0.1) is 46.6 Å². The number of hydrazone groups is 1. The number of carbonyl (C=O) groups excluding carboxylic acids is 1. The molecule has 1 heterocycles. The van der Waals surface area contributed by atoms with E-state index < -0.39 is 5.97 Å². The topological polar surface area (TPSA) is 107 Å². The lowest BCUT2D eigenvalue weighted by molar-refractivity contribution is -0.141. The molecular weight excluding hydrogens is 476 g/mol. The normalized spacial score (nSPS) is 19.7. The van der Waals surface area contributed by atoms with Gasteiger partial charge in [0.15, 0.2) is 23.0 Å². The first kappa shape index (κ1) is 26.1. The summed E-state index contributed by atoms with van der Waals surface area (Å²) in [4.78, 5) is 24.4. The smallest absolute Gasteiger partial charge is 0.303 e. The van der Waals surface area contributed by atoms with Crippen LogP contribution in [-0.2, 0) is 9.59 Å². The van der Waals surface area contributed by atoms with Crippen LogP contribution in [0.4, 0.5) is 0 Å². The molecule has 1 N–H and O–H groups in total. The van der Waals surface area contributed by atoms with E-state index in [9.17, 15) is 9.59 Å². The van der Waals surface area contributed by atoms with E-state index in [0.717, 1.165) is 41.7 Å². The second-order valence-corrected chi connectivity index (χ2v) is 8.96. The standard InChI is InChI=1S/C28H32N2O7/c1-34-21-10-8-17(15-23(21)36-3)14-18-6-5-7-20-27(18)29-30(25(31)12-13-26(32)33)28(20)19-9-11-22(35-2)24(16-19)37-4/h8-11,14-16,20,28H,5-7,12-13H2,1-4H3,(H,32,33)/b18-14-/t20-,28+/m1/s1. The minimum atomic E-state index is -1.02. The first-order valence-corrected chi connectivity index (χ1v) is 12.2. The molecule has 1 aliphatic carbocycles. The van der Waals surface area contributed by atoms with Crippen LogP contribution in [0.25, 0.3) is 6.08 Å². The second kappa shape index (κ2) is 11.4. The van der Waals surface area contributed by atoms with E-state index >= 15 is 0 Å². The number of benzene rings is 2. The third kappa shape index (κ3) is 5.40. The van der Waals surface area contributed by atoms with Crippen molar-refractivity contribution in [3.8, 4) is 23.0 Å². The highest BCUT2D eigenvalue weighted by Crippen LogP contribution is 2.46. The molecule has 2 aromatic rings. The summed E-state index contributed by atoms with van der Waals surface area (Å²) in [7, 11) is 6.33. The lowest BCUT2D eigenvalue weighted by atomic mass is 9.77. The maximum Gasteiger partial charge on any atom is 0.303 e. The van der Waals surface area contributed by atoms with Gasteiger partial charge in [-0.2, -0.15) is 5.10 Å². The van der Waals surface area contributed by atoms with Gasteiger partial charge >= 0.3 is 5.97 Å². The monoisotopic (exact) mass is 508 g/mol. The van der Waals surface area contributed by atoms with E-state index in [1.54, 1.807) is 28.4 Å². The van der Waals surface area contributed by atoms with Gasteiger partial charge in [-0.1, -0.05) is 12.1 Å². The first-order chi connectivity index (χ1) is 17.9. The molecule has 0 saturated heterocycles. The summed E-state index contributed by atoms with van der Waals surface area (Å²) in [5.41, 5.74) is 3.69. The maximum atomic E-state index is 13.2. The molecule has 1 aliphatic heterocycles. The summed E-state index contributed by atoms with van der Waals surface area (Å²) in [6, 6.07) is 10.9. The predicted octanol–water partition coefficient (Wildman–Crippen LogP) is 4.71. The van der Waals surface area contributed by atoms with Gasteiger partial charge in [-0.25, -0.2) is 5.01 Å². The fraction of sp³-hybridized carbons (Fsp3) is 0.393. The SMILES string of the molecule is COc1ccc(/C=C2/CCC[C@@H]3C2=NN(C(=O)CCC(=O)O)[C@H]3c2ccc(OC)c(OC)c2)cc1OC. The largest absolute Gasteiger partial charge is 0.493 e. The number of ether oxygens (including phenoxy) is 4. The maximum absolute atomic E-state index is 13.2. The highest BCUT2D eigenvalue weighted by Gasteiger charge is 2.43. The number of aliphatic carboxylic acids is 1. The Morgan fingerprint density at radius 2 is 1.59 bits per heavy atom. The highest BCUT2D eigenvalue weighted by molar-refractivity contribution is 6.08. The van der Waals surface area contributed by atoms with Crippen molar-refractivity contribution in [3.05, 3.63) is 53.1 Å². The Morgan fingerprint density at radius 3 is 2.24 bits per heavy atom. The van der Waals surface area contributed by atoms with Crippen LogP contribution in [0.1, 0.15) is 49.3 Å². The lowest BCUT2D eigenvalue weighted by Crippen LogP contribution is -2.32. The number of nitrogens with zero attached hydrogens (tertiary/aromatic N) is 2. The molecular formula is C28H32N2O7. The molecule has 9 heteroatoms. The van der Waals surface area contributed by atoms with Crippen molar-refractivity contribution < 1.29 is 33.6 Å². The Labute approximate surface area is 216 Å². The average molecular weight is 509 g/mol. The Kier molecular flexibility index (Phi) is 8.01. The molecule has 2 atom stereocenters. The summed E-state index contributed by atoms with van der Waals surface area (Å²) < 4.78 is 21.7. The highest BCUT2D eigenvalue weighted by atomic mass is 16.5. The Hall–Kier alpha value is -4.01. The van der Waals surface area contributed by atoms with Gasteiger partial charge in [-0.05, 0) is 66.3 Å². The van der Waals surface area contributed by atoms with E-state index in [2.05, 4.69) is 6.08 Å². The molecule has 37 heavy (non-hydrogen) atoms. The van der Waals surface area contributed by atoms with Crippen LogP contribution in [0.2, 0.25) is 0 Å². The van der Waals surface area contributed by atoms with Gasteiger partial charge < -0.3 is 24.1 Å². The van der Waals surface area contributed by atoms with Crippen LogP contribution in [0.5, 0.6) is 23.0 Å². The molecule has 4 rings (SSSR count). The number of fused-ring (bicyclic) bond motifs is 1. The number of carboxylic acid groups (broad SMARTS) is 1. The van der Waals surface area contributed by atoms with E-state index in [-0.39, 0.29) is 30.7 Å². The molecule has 0 radical (unpaired) electrons. The van der Waals surface area contributed by atoms with Crippen LogP contribution in [0, 0.1) is 5.92 Å². The van der Waals surface area contributed by atoms with Gasteiger partial charge in [0, 0.05) is 12.3 Å². The van der Waals surface area contributed by atoms with Crippen LogP contribution in [0.3, 0.4) is 0 Å². The quantitative estimate of drug-likeness (QED) is 0.523. The van der Waals surface area contributed by atoms with E-state index in [1.807, 2.05) is 36.4 Å². The van der Waals surface area contributed by atoms with Gasteiger partial charge in [0.25, 0.3) is 0 Å². The lowest BCUT2D eigenvalue weighted by Gasteiger charge is -2.30. The molecule has 0 unspecified atom stereocenters. The molecule has 1 amide bonds. The Morgan fingerprint density at radius 1 is 0.946 bits per heavy atom. The number of methoxy groups -OCH3 is 4. The molecule has 2 aliphatic rings. The number of amides is 1. The zero-order chi connectivity index (χ0) is 26.5. The van der Waals surface area contributed by atoms with Crippen LogP contribution in [0.15, 0.2) is 47.1 Å². The van der Waals surface area contributed by atoms with E-state index in [4.69, 9.17) is 29.2 Å². The van der Waals surface area contributed by atoms with Crippen LogP contribution < -0.4 is 18.9 Å². The van der Waals surface area contributed by atoms with Crippen molar-refractivity contribution in [1.82, 2.24) is 5.01 Å². The van der Waals surface area contributed by atoms with E-state index in [1.165, 1.54) is 5.01 Å². The molecule has 0 aromatic heterocycles. The predicted molar refractivity (Wildman–Crippen MR) is 138 cm³/mol. The molecule has 1 fully saturated rings. The van der Waals surface area contributed by atoms with E-state index in [0.29, 0.717) is 23.0 Å². The number of hydrogen-bond acceptors (Lipinski definition) is 7. The second-order valence-electron chi connectivity index (χ2n) is 8.96. The summed E-state index contributed by atoms with van der Waals surface area (Å²) in [5, 5.41) is 15.4. The molecule has 2 aromatic carbocycles. The molecule has 196 valence electrons. The average Bonchev–Trinajstić information content (AvgIpc) is 3.32. The summed E-state index contributed by atoms with van der Waals surface area (Å²) >= 11 is 0. The third-order valence-electron chi connectivity index (χ3n) is 6.81. The number of rotatable bonds is 9. The zero-order valence-corrected chi connectivity index (χ0v) is 21.5. The number of carboxylic acids is 1. The molecule has 0 spiro atoms. The molecule has 9 nitrogen and oxygen atoms in total. The van der Waals surface area contributed by atoms with Crippen LogP contribution >= 0.6 is 0 Å². The summed E-state index contributed by atoms with van der Waals surface area (Å²) in [6.45, 7) is 0. The first-order valence-electron chi connectivity index (χ1n) is 12.2. The fourth-order valence-electron chi connectivity index (χ4n) is 5.05. The summed E-state index contributed by atoms with van der Waals surface area (Å²) in [5.74, 6) is 1.05. The minimum Gasteiger partial charge on any atom is -0.493 e. The van der Waals surface area contributed by atoms with Gasteiger partial charge in [0.2, 0.25) is 5.91 Å². The van der Waals surface area contributed by atoms with Crippen molar-refractivity contribution >= 4 is 23.7 Å². The number of carbonyl (C=O) groups is 2. The number of allylic oxidation sites excluding steroid dienone is 1. The Balaban J connectivity index is 1.74. The molecule has 0 bridgehead atoms. The zero-order valence-electron chi connectivity index (χ0n) is 21.5. The van der Waals surface area contributed by atoms with Crippen LogP contribution in [-0.4, -0.2) is 56.1 Å². The summed E-state index contributed by atoms with van der Waals surface area (Å²) in [6.07, 6.45) is 4.30. The Bertz CT molecular complexity index is 1240. The van der Waals surface area contributed by atoms with Crippen molar-refractivity contribution in [2.75, 3.05) is 28.4 Å². The fourth-order valence-corrected chi connectivity index (χ4v) is 5.05. The minimum absolute atomic E-state index is 0.0352.